The number of nitrogens with zero attached hydrogens (tertiary/aromatic N) is 1. The highest BCUT2D eigenvalue weighted by Crippen LogP contribution is 2.24. The summed E-state index contributed by atoms with van der Waals surface area (Å²) in [5.74, 6) is 0. The second-order valence-electron chi connectivity index (χ2n) is 5.32. The van der Waals surface area contributed by atoms with Crippen LogP contribution < -0.4 is 5.73 Å². The van der Waals surface area contributed by atoms with Gasteiger partial charge in [0.05, 0.1) is 6.17 Å². The van der Waals surface area contributed by atoms with Gasteiger partial charge < -0.3 is 5.73 Å². The lowest BCUT2D eigenvalue weighted by Gasteiger charge is -2.38. The first-order chi connectivity index (χ1) is 8.51. The highest BCUT2D eigenvalue weighted by Gasteiger charge is 2.24. The average Bonchev–Trinajstić information content (AvgIpc) is 2.38. The summed E-state index contributed by atoms with van der Waals surface area (Å²) in [5.41, 5.74) is 8.98. The first-order valence-electron chi connectivity index (χ1n) is 7.10. The van der Waals surface area contributed by atoms with Crippen molar-refractivity contribution in [3.05, 3.63) is 35.4 Å². The number of hydrogen-bond donors (Lipinski definition) is 1. The lowest BCUT2D eigenvalue weighted by Crippen LogP contribution is -2.45. The minimum Gasteiger partial charge on any atom is -0.312 e. The summed E-state index contributed by atoms with van der Waals surface area (Å²) in [7, 11) is 0. The summed E-state index contributed by atoms with van der Waals surface area (Å²) in [4.78, 5) is 2.44. The monoisotopic (exact) mass is 248 g/mol. The number of benzene rings is 1. The van der Waals surface area contributed by atoms with Crippen LogP contribution in [0.5, 0.6) is 0 Å². The first-order valence-corrected chi connectivity index (χ1v) is 7.10. The molecule has 0 fully saturated rings. The van der Waals surface area contributed by atoms with Crippen molar-refractivity contribution in [3.63, 3.8) is 0 Å². The van der Waals surface area contributed by atoms with E-state index >= 15 is 0 Å². The van der Waals surface area contributed by atoms with Crippen molar-refractivity contribution in [1.82, 2.24) is 4.90 Å². The molecule has 3 unspecified atom stereocenters. The minimum atomic E-state index is -0.00481. The van der Waals surface area contributed by atoms with E-state index in [1.54, 1.807) is 0 Å². The third-order valence-corrected chi connectivity index (χ3v) is 3.90. The molecule has 0 aromatic heterocycles. The molecule has 2 heteroatoms. The van der Waals surface area contributed by atoms with Gasteiger partial charge in [-0.1, -0.05) is 43.7 Å². The molecule has 0 heterocycles. The van der Waals surface area contributed by atoms with E-state index in [-0.39, 0.29) is 6.17 Å². The molecule has 2 N–H and O–H groups in total. The Bertz CT molecular complexity index is 352. The van der Waals surface area contributed by atoms with Crippen LogP contribution >= 0.6 is 0 Å². The molecule has 0 aliphatic rings. The highest BCUT2D eigenvalue weighted by atomic mass is 15.3. The van der Waals surface area contributed by atoms with E-state index < -0.39 is 0 Å². The van der Waals surface area contributed by atoms with Gasteiger partial charge in [-0.2, -0.15) is 0 Å². The van der Waals surface area contributed by atoms with Gasteiger partial charge in [-0.15, -0.1) is 0 Å². The minimum absolute atomic E-state index is 0.00481. The molecule has 0 spiro atoms. The van der Waals surface area contributed by atoms with Crippen LogP contribution in [-0.4, -0.2) is 17.0 Å². The van der Waals surface area contributed by atoms with Crippen molar-refractivity contribution >= 4 is 0 Å². The molecule has 0 saturated heterocycles. The topological polar surface area (TPSA) is 29.3 Å². The molecule has 1 rings (SSSR count). The van der Waals surface area contributed by atoms with Crippen molar-refractivity contribution < 1.29 is 0 Å². The molecule has 102 valence electrons. The maximum absolute atomic E-state index is 6.49. The van der Waals surface area contributed by atoms with Crippen molar-refractivity contribution in [3.8, 4) is 0 Å². The lowest BCUT2D eigenvalue weighted by atomic mass is 10.0. The largest absolute Gasteiger partial charge is 0.312 e. The average molecular weight is 248 g/mol. The van der Waals surface area contributed by atoms with E-state index in [0.717, 1.165) is 12.8 Å². The van der Waals surface area contributed by atoms with Gasteiger partial charge in [0, 0.05) is 12.1 Å². The molecule has 0 saturated carbocycles. The van der Waals surface area contributed by atoms with Gasteiger partial charge in [0.2, 0.25) is 0 Å². The van der Waals surface area contributed by atoms with Crippen LogP contribution in [-0.2, 0) is 0 Å². The Kier molecular flexibility index (Phi) is 5.83. The van der Waals surface area contributed by atoms with Crippen molar-refractivity contribution in [2.24, 2.45) is 5.73 Å². The van der Waals surface area contributed by atoms with Crippen LogP contribution in [0.1, 0.15) is 57.8 Å². The Morgan fingerprint density at radius 1 is 1.11 bits per heavy atom. The summed E-state index contributed by atoms with van der Waals surface area (Å²) in [6.45, 7) is 11.1. The van der Waals surface area contributed by atoms with Gasteiger partial charge in [-0.3, -0.25) is 4.90 Å². The number of nitrogens with two attached hydrogens (primary N) is 1. The molecule has 1 aromatic rings. The highest BCUT2D eigenvalue weighted by molar-refractivity contribution is 5.24. The van der Waals surface area contributed by atoms with E-state index in [9.17, 15) is 0 Å². The maximum Gasteiger partial charge on any atom is 0.0840 e. The zero-order chi connectivity index (χ0) is 13.7. The van der Waals surface area contributed by atoms with Crippen molar-refractivity contribution in [2.75, 3.05) is 0 Å². The maximum atomic E-state index is 6.49. The predicted octanol–water partition coefficient (Wildman–Crippen LogP) is 3.85. The molecule has 1 aromatic carbocycles. The third-order valence-electron chi connectivity index (χ3n) is 3.90. The van der Waals surface area contributed by atoms with Crippen LogP contribution in [0.4, 0.5) is 0 Å². The van der Waals surface area contributed by atoms with Crippen LogP contribution in [0.25, 0.3) is 0 Å². The van der Waals surface area contributed by atoms with Gasteiger partial charge in [0.15, 0.2) is 0 Å². The van der Waals surface area contributed by atoms with E-state index in [1.165, 1.54) is 11.1 Å². The van der Waals surface area contributed by atoms with E-state index in [2.05, 4.69) is 63.8 Å². The summed E-state index contributed by atoms with van der Waals surface area (Å²) >= 11 is 0. The van der Waals surface area contributed by atoms with Crippen LogP contribution in [0.15, 0.2) is 24.3 Å². The number of rotatable bonds is 6. The van der Waals surface area contributed by atoms with Crippen LogP contribution in [0.2, 0.25) is 0 Å². The van der Waals surface area contributed by atoms with Gasteiger partial charge in [0.25, 0.3) is 0 Å². The molecule has 0 aliphatic carbocycles. The third kappa shape index (κ3) is 3.56. The molecule has 3 atom stereocenters. The van der Waals surface area contributed by atoms with Crippen LogP contribution in [0.3, 0.4) is 0 Å². The SMILES string of the molecule is CCC(C)N(C(C)CC)C(N)c1cccc(C)c1. The molecule has 0 bridgehead atoms. The zero-order valence-corrected chi connectivity index (χ0v) is 12.5. The summed E-state index contributed by atoms with van der Waals surface area (Å²) in [6.07, 6.45) is 2.25. The fourth-order valence-corrected chi connectivity index (χ4v) is 2.43. The van der Waals surface area contributed by atoms with Crippen LogP contribution in [0, 0.1) is 6.92 Å². The van der Waals surface area contributed by atoms with E-state index in [4.69, 9.17) is 5.73 Å². The van der Waals surface area contributed by atoms with Crippen molar-refractivity contribution in [2.45, 2.75) is 65.7 Å². The fourth-order valence-electron chi connectivity index (χ4n) is 2.43. The summed E-state index contributed by atoms with van der Waals surface area (Å²) in [5, 5.41) is 0. The smallest absolute Gasteiger partial charge is 0.0840 e. The second kappa shape index (κ2) is 6.91. The second-order valence-corrected chi connectivity index (χ2v) is 5.32. The lowest BCUT2D eigenvalue weighted by molar-refractivity contribution is 0.0916. The Hall–Kier alpha value is -0.860. The Balaban J connectivity index is 2.98. The molecule has 0 aliphatic heterocycles. The fraction of sp³-hybridized carbons (Fsp3) is 0.625. The normalized spacial score (nSPS) is 16.6. The quantitative estimate of drug-likeness (QED) is 0.775. The first kappa shape index (κ1) is 15.2. The predicted molar refractivity (Wildman–Crippen MR) is 79.5 cm³/mol. The summed E-state index contributed by atoms with van der Waals surface area (Å²) < 4.78 is 0. The summed E-state index contributed by atoms with van der Waals surface area (Å²) in [6, 6.07) is 9.56. The Morgan fingerprint density at radius 3 is 2.11 bits per heavy atom. The zero-order valence-electron chi connectivity index (χ0n) is 12.5. The molecular formula is C16H28N2. The Labute approximate surface area is 112 Å². The molecule has 0 amide bonds. The van der Waals surface area contributed by atoms with Gasteiger partial charge >= 0.3 is 0 Å². The van der Waals surface area contributed by atoms with Gasteiger partial charge in [-0.05, 0) is 39.2 Å². The molecular weight excluding hydrogens is 220 g/mol. The Morgan fingerprint density at radius 2 is 1.67 bits per heavy atom. The number of aryl methyl sites for hydroxylation is 1. The molecule has 0 radical (unpaired) electrons. The van der Waals surface area contributed by atoms with E-state index in [0.29, 0.717) is 12.1 Å². The number of hydrogen-bond acceptors (Lipinski definition) is 2. The molecule has 2 nitrogen and oxygen atoms in total. The van der Waals surface area contributed by atoms with Gasteiger partial charge in [-0.25, -0.2) is 0 Å². The van der Waals surface area contributed by atoms with Gasteiger partial charge in [0.1, 0.15) is 0 Å². The van der Waals surface area contributed by atoms with E-state index in [1.807, 2.05) is 0 Å². The standard InChI is InChI=1S/C16H28N2/c1-6-13(4)18(14(5)7-2)16(17)15-10-8-9-12(3)11-15/h8-11,13-14,16H,6-7,17H2,1-5H3. The molecule has 18 heavy (non-hydrogen) atoms. The van der Waals surface area contributed by atoms with Crippen molar-refractivity contribution in [1.29, 1.82) is 0 Å².